The molecule has 254 valence electrons. The lowest BCUT2D eigenvalue weighted by molar-refractivity contribution is -0.135. The first kappa shape index (κ1) is 43.0. The van der Waals surface area contributed by atoms with Gasteiger partial charge in [0, 0.05) is 0 Å². The maximum absolute atomic E-state index is 9.24. The molecule has 0 aliphatic carbocycles. The van der Waals surface area contributed by atoms with Crippen LogP contribution in [0.1, 0.15) is 0 Å². The number of carboxylic acid groups (broad SMARTS) is 1. The van der Waals surface area contributed by atoms with Crippen LogP contribution in [0.3, 0.4) is 0 Å². The number of carbonyl (C=O) groups is 1. The van der Waals surface area contributed by atoms with Crippen molar-refractivity contribution in [3.63, 3.8) is 0 Å². The Hall–Kier alpha value is -1.09. The molecule has 0 aromatic rings. The first-order valence-corrected chi connectivity index (χ1v) is 14.2. The fourth-order valence-corrected chi connectivity index (χ4v) is 2.43. The van der Waals surface area contributed by atoms with E-state index in [0.717, 1.165) is 0 Å². The van der Waals surface area contributed by atoms with Gasteiger partial charge in [0.1, 0.15) is 0 Å². The number of ether oxygens (including phenoxy) is 11. The van der Waals surface area contributed by atoms with Gasteiger partial charge >= 0.3 is 5.97 Å². The van der Waals surface area contributed by atoms with Gasteiger partial charge in [-0.25, -0.2) is 0 Å². The highest BCUT2D eigenvalue weighted by molar-refractivity contribution is 5.68. The molecular weight excluding hydrogens is 566 g/mol. The Morgan fingerprint density at radius 2 is 0.476 bits per heavy atom. The van der Waals surface area contributed by atoms with Crippen molar-refractivity contribution in [3.8, 4) is 0 Å². The van der Waals surface area contributed by atoms with Gasteiger partial charge in [0.05, 0.1) is 165 Å². The highest BCUT2D eigenvalue weighted by atomic mass is 16.6. The average molecular weight is 622 g/mol. The van der Waals surface area contributed by atoms with Gasteiger partial charge in [0.15, 0.2) is 0 Å². The van der Waals surface area contributed by atoms with Gasteiger partial charge in [-0.05, 0) is 0 Å². The zero-order valence-electron chi connectivity index (χ0n) is 25.0. The fourth-order valence-electron chi connectivity index (χ4n) is 2.43. The van der Waals surface area contributed by atoms with Crippen LogP contribution < -0.4 is 5.73 Å². The Labute approximate surface area is 249 Å². The maximum atomic E-state index is 9.24. The molecule has 0 aromatic carbocycles. The van der Waals surface area contributed by atoms with Gasteiger partial charge < -0.3 is 73.2 Å². The van der Waals surface area contributed by atoms with Crippen LogP contribution in [-0.4, -0.2) is 186 Å². The van der Waals surface area contributed by atoms with Crippen LogP contribution in [0.25, 0.3) is 0 Å². The lowest BCUT2D eigenvalue weighted by atomic mass is 10.6. The molecule has 0 fully saturated rings. The quantitative estimate of drug-likeness (QED) is 0.0575. The molecule has 0 rings (SSSR count). The van der Waals surface area contributed by atoms with Crippen LogP contribution >= 0.6 is 0 Å². The highest BCUT2D eigenvalue weighted by Gasteiger charge is 1.96. The van der Waals surface area contributed by atoms with E-state index in [1.165, 1.54) is 0 Å². The van der Waals surface area contributed by atoms with E-state index >= 15 is 0 Å². The smallest absolute Gasteiger partial charge is 0.317 e. The molecule has 0 spiro atoms. The molecule has 0 aliphatic heterocycles. The van der Waals surface area contributed by atoms with E-state index in [1.807, 2.05) is 0 Å². The Morgan fingerprint density at radius 1 is 0.357 bits per heavy atom. The first-order valence-electron chi connectivity index (χ1n) is 14.2. The zero-order chi connectivity index (χ0) is 31.0. The molecule has 0 atom stereocenters. The molecule has 0 saturated carbocycles. The van der Waals surface area contributed by atoms with Crippen molar-refractivity contribution in [3.05, 3.63) is 0 Å². The van der Waals surface area contributed by atoms with Gasteiger partial charge in [0.25, 0.3) is 0 Å². The van der Waals surface area contributed by atoms with Crippen LogP contribution in [-0.2, 0) is 56.9 Å². The number of hydrogen-bond donors (Lipinski definition) is 4. The van der Waals surface area contributed by atoms with Crippen molar-refractivity contribution in [1.82, 2.24) is 0 Å². The highest BCUT2D eigenvalue weighted by Crippen LogP contribution is 1.87. The predicted octanol–water partition coefficient (Wildman–Crippen LogP) is -1.82. The minimum Gasteiger partial charge on any atom is -0.480 e. The van der Waals surface area contributed by atoms with E-state index in [9.17, 15) is 4.79 Å². The Balaban J connectivity index is 0. The molecule has 0 heterocycles. The van der Waals surface area contributed by atoms with Crippen molar-refractivity contribution >= 4 is 5.97 Å². The van der Waals surface area contributed by atoms with Crippen LogP contribution in [0, 0.1) is 0 Å². The van der Waals surface area contributed by atoms with E-state index in [-0.39, 0.29) is 19.8 Å². The molecule has 5 N–H and O–H groups in total. The largest absolute Gasteiger partial charge is 0.480 e. The molecule has 0 radical (unpaired) electrons. The van der Waals surface area contributed by atoms with Gasteiger partial charge in [-0.15, -0.1) is 0 Å². The van der Waals surface area contributed by atoms with E-state index in [1.54, 1.807) is 0 Å². The lowest BCUT2D eigenvalue weighted by Gasteiger charge is -2.09. The van der Waals surface area contributed by atoms with Crippen LogP contribution in [0.4, 0.5) is 0 Å². The molecule has 16 heteroatoms. The minimum absolute atomic E-state index is 0.0253. The normalized spacial score (nSPS) is 11.0. The van der Waals surface area contributed by atoms with E-state index < -0.39 is 5.97 Å². The van der Waals surface area contributed by atoms with E-state index in [4.69, 9.17) is 67.4 Å². The maximum Gasteiger partial charge on any atom is 0.317 e. The number of hydrogen-bond acceptors (Lipinski definition) is 15. The van der Waals surface area contributed by atoms with Crippen molar-refractivity contribution < 1.29 is 72.2 Å². The molecule has 16 nitrogen and oxygen atoms in total. The summed E-state index contributed by atoms with van der Waals surface area (Å²) in [6.45, 7) is 10.4. The SMILES string of the molecule is NCC(=O)O.OCCOCCOCCOCCOCCOCCOCCOCCOCCOCCOCCOCCO. The third kappa shape index (κ3) is 45.9. The minimum atomic E-state index is -0.968. The molecule has 0 aliphatic rings. The summed E-state index contributed by atoms with van der Waals surface area (Å²) in [7, 11) is 0. The Kier molecular flexibility index (Phi) is 43.1. The second kappa shape index (κ2) is 42.0. The third-order valence-corrected chi connectivity index (χ3v) is 4.37. The summed E-state index contributed by atoms with van der Waals surface area (Å²) in [6.07, 6.45) is 0. The number of aliphatic hydroxyl groups is 2. The van der Waals surface area contributed by atoms with Crippen molar-refractivity contribution in [2.45, 2.75) is 0 Å². The Morgan fingerprint density at radius 3 is 0.571 bits per heavy atom. The molecular formula is C26H55NO15. The Bertz CT molecular complexity index is 461. The number of aliphatic hydroxyl groups excluding tert-OH is 2. The number of rotatable bonds is 35. The second-order valence-electron chi connectivity index (χ2n) is 7.78. The summed E-state index contributed by atoms with van der Waals surface area (Å²) in [5, 5.41) is 24.7. The molecule has 0 saturated heterocycles. The average Bonchev–Trinajstić information content (AvgIpc) is 2.99. The van der Waals surface area contributed by atoms with Crippen LogP contribution in [0.2, 0.25) is 0 Å². The molecule has 0 amide bonds. The number of nitrogens with two attached hydrogens (primary N) is 1. The van der Waals surface area contributed by atoms with E-state index in [2.05, 4.69) is 5.73 Å². The summed E-state index contributed by atoms with van der Waals surface area (Å²) in [5.41, 5.74) is 4.57. The number of aliphatic carboxylic acids is 1. The summed E-state index contributed by atoms with van der Waals surface area (Å²) >= 11 is 0. The van der Waals surface area contributed by atoms with Gasteiger partial charge in [-0.3, -0.25) is 4.79 Å². The molecule has 0 bridgehead atoms. The van der Waals surface area contributed by atoms with Crippen LogP contribution in [0.5, 0.6) is 0 Å². The summed E-state index contributed by atoms with van der Waals surface area (Å²) in [6, 6.07) is 0. The van der Waals surface area contributed by atoms with Gasteiger partial charge in [0.2, 0.25) is 0 Å². The molecule has 0 aromatic heterocycles. The van der Waals surface area contributed by atoms with Gasteiger partial charge in [-0.2, -0.15) is 0 Å². The summed E-state index contributed by atoms with van der Waals surface area (Å²) < 4.78 is 58.7. The monoisotopic (exact) mass is 621 g/mol. The topological polar surface area (TPSA) is 205 Å². The molecule has 0 unspecified atom stereocenters. The van der Waals surface area contributed by atoms with Crippen molar-refractivity contribution in [1.29, 1.82) is 0 Å². The summed E-state index contributed by atoms with van der Waals surface area (Å²) in [4.78, 5) is 9.24. The van der Waals surface area contributed by atoms with E-state index in [0.29, 0.717) is 145 Å². The zero-order valence-corrected chi connectivity index (χ0v) is 25.0. The summed E-state index contributed by atoms with van der Waals surface area (Å²) in [5.74, 6) is -0.968. The van der Waals surface area contributed by atoms with Gasteiger partial charge in [-0.1, -0.05) is 0 Å². The van der Waals surface area contributed by atoms with Crippen molar-refractivity contribution in [2.75, 3.05) is 165 Å². The third-order valence-electron chi connectivity index (χ3n) is 4.37. The molecule has 42 heavy (non-hydrogen) atoms. The lowest BCUT2D eigenvalue weighted by Crippen LogP contribution is -2.15. The second-order valence-corrected chi connectivity index (χ2v) is 7.78. The predicted molar refractivity (Wildman–Crippen MR) is 150 cm³/mol. The standard InChI is InChI=1S/C24H50O13.C2H5NO2/c25-1-3-27-5-7-29-9-11-31-13-15-33-17-19-35-21-23-37-24-22-36-20-18-34-16-14-32-12-10-30-8-6-28-4-2-26;3-1-2(4)5/h25-26H,1-24H2;1,3H2,(H,4,5). The first-order chi connectivity index (χ1) is 20.7. The van der Waals surface area contributed by atoms with Crippen molar-refractivity contribution in [2.24, 2.45) is 5.73 Å². The van der Waals surface area contributed by atoms with Crippen LogP contribution in [0.15, 0.2) is 0 Å². The number of carboxylic acids is 1. The fraction of sp³-hybridized carbons (Fsp3) is 0.962.